The molecule has 0 fully saturated rings. The van der Waals surface area contributed by atoms with Gasteiger partial charge in [-0.2, -0.15) is 0 Å². The number of benzene rings is 2. The van der Waals surface area contributed by atoms with Gasteiger partial charge in [-0.3, -0.25) is 4.72 Å². The van der Waals surface area contributed by atoms with Crippen molar-refractivity contribution in [1.29, 1.82) is 0 Å². The molecule has 0 aliphatic rings. The molecule has 0 saturated carbocycles. The van der Waals surface area contributed by atoms with Crippen LogP contribution in [0.25, 0.3) is 0 Å². The summed E-state index contributed by atoms with van der Waals surface area (Å²) in [7, 11) is -3.65. The molecule has 0 radical (unpaired) electrons. The van der Waals surface area contributed by atoms with Gasteiger partial charge in [0.25, 0.3) is 10.0 Å². The molecule has 1 N–H and O–H groups in total. The molecule has 0 aromatic heterocycles. The van der Waals surface area contributed by atoms with Gasteiger partial charge in [0.2, 0.25) is 0 Å². The molecule has 0 aliphatic carbocycles. The second-order valence-corrected chi connectivity index (χ2v) is 10.9. The minimum absolute atomic E-state index is 0.204. The van der Waals surface area contributed by atoms with Crippen LogP contribution in [0.5, 0.6) is 0 Å². The van der Waals surface area contributed by atoms with Gasteiger partial charge in [-0.05, 0) is 114 Å². The van der Waals surface area contributed by atoms with E-state index in [4.69, 9.17) is 0 Å². The van der Waals surface area contributed by atoms with Crippen LogP contribution >= 0.6 is 99.6 Å². The van der Waals surface area contributed by atoms with Crippen molar-refractivity contribution in [3.8, 4) is 0 Å². The van der Waals surface area contributed by atoms with E-state index in [1.807, 2.05) is 12.1 Å². The summed E-state index contributed by atoms with van der Waals surface area (Å²) in [6, 6.07) is 8.82. The minimum Gasteiger partial charge on any atom is -0.277 e. The average Bonchev–Trinajstić information content (AvgIpc) is 2.33. The number of halogens is 5. The second-order valence-electron chi connectivity index (χ2n) is 3.92. The molecular weight excluding hydrogens is 763 g/mol. The van der Waals surface area contributed by atoms with Crippen LogP contribution in [0.4, 0.5) is 5.69 Å². The average molecular weight is 769 g/mol. The van der Waals surface area contributed by atoms with E-state index in [2.05, 4.69) is 104 Å². The summed E-state index contributed by atoms with van der Waals surface area (Å²) in [5.74, 6) is 0. The van der Waals surface area contributed by atoms with Crippen LogP contribution in [-0.2, 0) is 10.0 Å². The fourth-order valence-corrected chi connectivity index (χ4v) is 8.59. The summed E-state index contributed by atoms with van der Waals surface area (Å²) in [6.45, 7) is 0. The first-order chi connectivity index (χ1) is 9.70. The maximum atomic E-state index is 12.6. The van der Waals surface area contributed by atoms with E-state index in [0.29, 0.717) is 10.2 Å². The maximum absolute atomic E-state index is 12.6. The lowest BCUT2D eigenvalue weighted by Gasteiger charge is -2.13. The summed E-state index contributed by atoms with van der Waals surface area (Å²) in [5, 5.41) is 0. The van der Waals surface area contributed by atoms with E-state index in [0.717, 1.165) is 15.2 Å². The number of hydrogen-bond donors (Lipinski definition) is 1. The summed E-state index contributed by atoms with van der Waals surface area (Å²) in [4.78, 5) is 0.204. The van der Waals surface area contributed by atoms with Gasteiger partial charge < -0.3 is 0 Å². The predicted octanol–water partition coefficient (Wildman–Crippen LogP) is 5.83. The fraction of sp³-hybridized carbons (Fsp3) is 0. The highest BCUT2D eigenvalue weighted by atomic mass is 127. The van der Waals surface area contributed by atoms with Crippen LogP contribution < -0.4 is 4.72 Å². The van der Waals surface area contributed by atoms with Crippen molar-refractivity contribution in [2.24, 2.45) is 0 Å². The quantitative estimate of drug-likeness (QED) is 0.401. The standard InChI is InChI=1S/C12H6Br2I3NO2S/c13-6-1-2-11(8(14)3-6)21(19,20)18-12-9(16)4-7(15)5-10(12)17/h1-5,18H. The summed E-state index contributed by atoms with van der Waals surface area (Å²) >= 11 is 13.1. The summed E-state index contributed by atoms with van der Waals surface area (Å²) < 4.78 is 31.9. The monoisotopic (exact) mass is 767 g/mol. The van der Waals surface area contributed by atoms with Crippen molar-refractivity contribution < 1.29 is 8.42 Å². The lowest BCUT2D eigenvalue weighted by atomic mass is 10.3. The smallest absolute Gasteiger partial charge is 0.263 e. The Bertz CT molecular complexity index is 789. The molecule has 0 atom stereocenters. The van der Waals surface area contributed by atoms with E-state index >= 15 is 0 Å². The van der Waals surface area contributed by atoms with Gasteiger partial charge in [-0.25, -0.2) is 8.42 Å². The second kappa shape index (κ2) is 7.49. The molecular formula is C12H6Br2I3NO2S. The number of rotatable bonds is 3. The van der Waals surface area contributed by atoms with Gasteiger partial charge in [-0.15, -0.1) is 0 Å². The van der Waals surface area contributed by atoms with E-state index in [1.165, 1.54) is 0 Å². The van der Waals surface area contributed by atoms with Gasteiger partial charge in [0.1, 0.15) is 4.90 Å². The Labute approximate surface area is 180 Å². The van der Waals surface area contributed by atoms with Gasteiger partial charge in [0.05, 0.1) is 5.69 Å². The Morgan fingerprint density at radius 1 is 0.952 bits per heavy atom. The number of sulfonamides is 1. The van der Waals surface area contributed by atoms with Crippen LogP contribution in [0.2, 0.25) is 0 Å². The molecule has 0 heterocycles. The van der Waals surface area contributed by atoms with Crippen molar-refractivity contribution in [1.82, 2.24) is 0 Å². The topological polar surface area (TPSA) is 46.2 Å². The lowest BCUT2D eigenvalue weighted by Crippen LogP contribution is -2.15. The molecule has 21 heavy (non-hydrogen) atoms. The highest BCUT2D eigenvalue weighted by Crippen LogP contribution is 2.32. The molecule has 0 bridgehead atoms. The van der Waals surface area contributed by atoms with Crippen LogP contribution in [0, 0.1) is 10.7 Å². The fourth-order valence-electron chi connectivity index (χ4n) is 1.52. The zero-order chi connectivity index (χ0) is 15.8. The first kappa shape index (κ1) is 18.7. The van der Waals surface area contributed by atoms with E-state index in [9.17, 15) is 8.42 Å². The zero-order valence-electron chi connectivity index (χ0n) is 10.0. The molecule has 2 aromatic rings. The highest BCUT2D eigenvalue weighted by molar-refractivity contribution is 14.1. The first-order valence-electron chi connectivity index (χ1n) is 5.33. The molecule has 112 valence electrons. The molecule has 0 amide bonds. The van der Waals surface area contributed by atoms with Gasteiger partial charge in [-0.1, -0.05) is 15.9 Å². The van der Waals surface area contributed by atoms with Crippen molar-refractivity contribution >= 4 is 115 Å². The minimum atomic E-state index is -3.65. The third-order valence-electron chi connectivity index (χ3n) is 2.43. The Morgan fingerprint density at radius 3 is 2.05 bits per heavy atom. The Morgan fingerprint density at radius 2 is 1.52 bits per heavy atom. The first-order valence-corrected chi connectivity index (χ1v) is 11.6. The predicted molar refractivity (Wildman–Crippen MR) is 117 cm³/mol. The number of hydrogen-bond acceptors (Lipinski definition) is 2. The molecule has 0 unspecified atom stereocenters. The van der Waals surface area contributed by atoms with Crippen molar-refractivity contribution in [3.63, 3.8) is 0 Å². The SMILES string of the molecule is O=S(=O)(Nc1c(I)cc(I)cc1I)c1ccc(Br)cc1Br. The Hall–Kier alpha value is 1.34. The third-order valence-corrected chi connectivity index (χ3v) is 7.57. The van der Waals surface area contributed by atoms with Crippen molar-refractivity contribution in [2.75, 3.05) is 4.72 Å². The van der Waals surface area contributed by atoms with E-state index < -0.39 is 10.0 Å². The van der Waals surface area contributed by atoms with Crippen molar-refractivity contribution in [3.05, 3.63) is 50.0 Å². The van der Waals surface area contributed by atoms with Crippen LogP contribution in [0.3, 0.4) is 0 Å². The molecule has 0 spiro atoms. The summed E-state index contributed by atoms with van der Waals surface area (Å²) in [6.07, 6.45) is 0. The van der Waals surface area contributed by atoms with E-state index in [-0.39, 0.29) is 4.90 Å². The number of anilines is 1. The van der Waals surface area contributed by atoms with Gasteiger partial charge in [0.15, 0.2) is 0 Å². The maximum Gasteiger partial charge on any atom is 0.263 e. The number of nitrogens with one attached hydrogen (secondary N) is 1. The molecule has 9 heteroatoms. The Kier molecular flexibility index (Phi) is 6.66. The zero-order valence-corrected chi connectivity index (χ0v) is 20.5. The Balaban J connectivity index is 2.47. The summed E-state index contributed by atoms with van der Waals surface area (Å²) in [5.41, 5.74) is 0.603. The third kappa shape index (κ3) is 4.67. The van der Waals surface area contributed by atoms with Crippen LogP contribution in [0.1, 0.15) is 0 Å². The molecule has 2 aromatic carbocycles. The lowest BCUT2D eigenvalue weighted by molar-refractivity contribution is 0.600. The molecule has 0 saturated heterocycles. The van der Waals surface area contributed by atoms with Crippen molar-refractivity contribution in [2.45, 2.75) is 4.90 Å². The molecule has 0 aliphatic heterocycles. The molecule has 2 rings (SSSR count). The van der Waals surface area contributed by atoms with Crippen LogP contribution in [-0.4, -0.2) is 8.42 Å². The van der Waals surface area contributed by atoms with E-state index in [1.54, 1.807) is 18.2 Å². The largest absolute Gasteiger partial charge is 0.277 e. The highest BCUT2D eigenvalue weighted by Gasteiger charge is 2.20. The normalized spacial score (nSPS) is 11.5. The van der Waals surface area contributed by atoms with Gasteiger partial charge in [0, 0.05) is 19.7 Å². The van der Waals surface area contributed by atoms with Gasteiger partial charge >= 0.3 is 0 Å². The van der Waals surface area contributed by atoms with Crippen LogP contribution in [0.15, 0.2) is 44.2 Å². The molecule has 3 nitrogen and oxygen atoms in total.